The Morgan fingerprint density at radius 2 is 2.12 bits per heavy atom. The van der Waals surface area contributed by atoms with Gasteiger partial charge in [0, 0.05) is 36.4 Å². The number of esters is 1. The second-order valence-corrected chi connectivity index (χ2v) is 7.40. The summed E-state index contributed by atoms with van der Waals surface area (Å²) in [5.74, 6) is 1.25. The number of hydrogen-bond acceptors (Lipinski definition) is 10. The lowest BCUT2D eigenvalue weighted by Crippen LogP contribution is -2.35. The van der Waals surface area contributed by atoms with Crippen molar-refractivity contribution in [2.75, 3.05) is 6.61 Å². The summed E-state index contributed by atoms with van der Waals surface area (Å²) in [6.45, 7) is 0.0896. The summed E-state index contributed by atoms with van der Waals surface area (Å²) in [5.41, 5.74) is 0.812. The van der Waals surface area contributed by atoms with Crippen molar-refractivity contribution in [1.29, 1.82) is 0 Å². The molecule has 13 nitrogen and oxygen atoms in total. The molecular formula is C21H17N5O8. The zero-order valence-corrected chi connectivity index (χ0v) is 17.4. The Morgan fingerprint density at radius 3 is 2.85 bits per heavy atom. The van der Waals surface area contributed by atoms with Crippen LogP contribution in [0.15, 0.2) is 60.1 Å². The summed E-state index contributed by atoms with van der Waals surface area (Å²) in [7, 11) is 0. The van der Waals surface area contributed by atoms with E-state index in [2.05, 4.69) is 10.3 Å². The molecular weight excluding hydrogens is 450 g/mol. The summed E-state index contributed by atoms with van der Waals surface area (Å²) in [6, 6.07) is 2.45. The van der Waals surface area contributed by atoms with Crippen LogP contribution in [0, 0.1) is 20.2 Å². The molecule has 4 rings (SSSR count). The van der Waals surface area contributed by atoms with Crippen LogP contribution < -0.4 is 5.32 Å². The Balaban J connectivity index is 1.47. The molecule has 1 aromatic carbocycles. The topological polar surface area (TPSA) is 169 Å². The Bertz CT molecular complexity index is 1270. The number of rotatable bonds is 8. The number of nitrogens with one attached hydrogen (secondary N) is 1. The molecule has 0 bridgehead atoms. The molecule has 1 aliphatic heterocycles. The van der Waals surface area contributed by atoms with Gasteiger partial charge in [0.2, 0.25) is 0 Å². The Labute approximate surface area is 191 Å². The number of benzene rings is 1. The first-order valence-corrected chi connectivity index (χ1v) is 9.99. The van der Waals surface area contributed by atoms with Gasteiger partial charge in [0.15, 0.2) is 0 Å². The lowest BCUT2D eigenvalue weighted by Gasteiger charge is -2.14. The van der Waals surface area contributed by atoms with Crippen LogP contribution in [0.2, 0.25) is 0 Å². The highest BCUT2D eigenvalue weighted by Gasteiger charge is 2.35. The van der Waals surface area contributed by atoms with Gasteiger partial charge in [-0.25, -0.2) is 15.1 Å². The quantitative estimate of drug-likeness (QED) is 0.261. The van der Waals surface area contributed by atoms with Crippen molar-refractivity contribution in [3.05, 3.63) is 86.0 Å². The average Bonchev–Trinajstić information content (AvgIpc) is 3.43. The summed E-state index contributed by atoms with van der Waals surface area (Å²) in [4.78, 5) is 48.2. The largest absolute Gasteiger partial charge is 0.420 e. The third kappa shape index (κ3) is 4.81. The van der Waals surface area contributed by atoms with Gasteiger partial charge in [-0.1, -0.05) is 12.2 Å². The van der Waals surface area contributed by atoms with Crippen LogP contribution in [0.3, 0.4) is 0 Å². The van der Waals surface area contributed by atoms with E-state index in [1.165, 1.54) is 23.2 Å². The average molecular weight is 467 g/mol. The number of aromatic nitrogens is 2. The molecule has 1 saturated heterocycles. The van der Waals surface area contributed by atoms with E-state index in [-0.39, 0.29) is 18.7 Å². The molecule has 2 aliphatic rings. The number of nitrogens with zero attached hydrogens (tertiary/aromatic N) is 4. The molecule has 1 fully saturated rings. The molecule has 13 heteroatoms. The number of carbonyl (C=O) groups excluding carboxylic acids is 2. The first-order chi connectivity index (χ1) is 16.4. The third-order valence-corrected chi connectivity index (χ3v) is 5.16. The fraction of sp³-hybridized carbons (Fsp3) is 0.238. The second kappa shape index (κ2) is 9.58. The molecule has 2 heterocycles. The minimum atomic E-state index is -1.03. The van der Waals surface area contributed by atoms with Gasteiger partial charge in [-0.3, -0.25) is 29.6 Å². The van der Waals surface area contributed by atoms with Crippen molar-refractivity contribution >= 4 is 23.3 Å². The highest BCUT2D eigenvalue weighted by atomic mass is 16.7. The molecule has 1 aromatic heterocycles. The monoisotopic (exact) mass is 467 g/mol. The number of carbonyl (C=O) groups is 1. The molecule has 0 amide bonds. The van der Waals surface area contributed by atoms with Crippen LogP contribution >= 0.6 is 0 Å². The normalized spacial score (nSPS) is 19.5. The standard InChI is InChI=1S/C21H17N5O8/c27-10-13-2-1-3-14(6-13)11-33-21-23-17(20(28)34-21)7-16-9-22-12-24(16)18-5-4-15(25(29)30)8-19(18)26(31)32/h1,3-6,8-9,12,17,21,23H,2,7,11H2/t17?,21-/m0/s1. The van der Waals surface area contributed by atoms with Gasteiger partial charge in [-0.15, -0.1) is 0 Å². The van der Waals surface area contributed by atoms with Crippen molar-refractivity contribution in [3.63, 3.8) is 0 Å². The SMILES string of the molecule is O=C=C1C=C(CO[C@@H]2NC(Cc3cncn3-c3ccc([N+](=O)[O-])cc3[N+](=O)[O-])C(=O)O2)C=CC1. The van der Waals surface area contributed by atoms with Crippen LogP contribution in [-0.4, -0.2) is 50.4 Å². The highest BCUT2D eigenvalue weighted by Crippen LogP contribution is 2.29. The second-order valence-electron chi connectivity index (χ2n) is 7.40. The van der Waals surface area contributed by atoms with Crippen LogP contribution in [0.4, 0.5) is 11.4 Å². The number of nitro benzene ring substituents is 2. The maximum atomic E-state index is 12.3. The van der Waals surface area contributed by atoms with Crippen LogP contribution in [0.1, 0.15) is 12.1 Å². The number of ether oxygens (including phenoxy) is 2. The molecule has 0 saturated carbocycles. The van der Waals surface area contributed by atoms with Crippen molar-refractivity contribution in [3.8, 4) is 5.69 Å². The van der Waals surface area contributed by atoms with Crippen molar-refractivity contribution in [2.24, 2.45) is 0 Å². The van der Waals surface area contributed by atoms with Gasteiger partial charge in [0.05, 0.1) is 28.8 Å². The molecule has 2 atom stereocenters. The molecule has 174 valence electrons. The number of non-ortho nitro benzene ring substituents is 1. The first kappa shape index (κ1) is 22.7. The first-order valence-electron chi connectivity index (χ1n) is 9.99. The van der Waals surface area contributed by atoms with E-state index < -0.39 is 39.6 Å². The zero-order chi connectivity index (χ0) is 24.2. The van der Waals surface area contributed by atoms with Gasteiger partial charge >= 0.3 is 5.97 Å². The van der Waals surface area contributed by atoms with Gasteiger partial charge in [-0.2, -0.15) is 0 Å². The summed E-state index contributed by atoms with van der Waals surface area (Å²) < 4.78 is 12.1. The third-order valence-electron chi connectivity index (χ3n) is 5.16. The molecule has 1 N–H and O–H groups in total. The number of nitro groups is 2. The van der Waals surface area contributed by atoms with E-state index in [9.17, 15) is 29.8 Å². The van der Waals surface area contributed by atoms with E-state index in [4.69, 9.17) is 9.47 Å². The predicted molar refractivity (Wildman–Crippen MR) is 114 cm³/mol. The van der Waals surface area contributed by atoms with Gasteiger partial charge < -0.3 is 9.47 Å². The minimum Gasteiger partial charge on any atom is -0.420 e. The van der Waals surface area contributed by atoms with Crippen molar-refractivity contribution in [1.82, 2.24) is 14.9 Å². The van der Waals surface area contributed by atoms with E-state index in [1.54, 1.807) is 18.2 Å². The zero-order valence-electron chi connectivity index (χ0n) is 17.4. The van der Waals surface area contributed by atoms with Gasteiger partial charge in [-0.05, 0) is 17.7 Å². The Kier molecular flexibility index (Phi) is 6.41. The lowest BCUT2D eigenvalue weighted by molar-refractivity contribution is -0.394. The van der Waals surface area contributed by atoms with Gasteiger partial charge in [0.25, 0.3) is 17.8 Å². The van der Waals surface area contributed by atoms with Crippen molar-refractivity contribution < 1.29 is 28.9 Å². The van der Waals surface area contributed by atoms with Crippen LogP contribution in [0.25, 0.3) is 5.69 Å². The smallest absolute Gasteiger partial charge is 0.327 e. The minimum absolute atomic E-state index is 0.0630. The van der Waals surface area contributed by atoms with E-state index in [1.807, 2.05) is 5.94 Å². The number of hydrogen-bond donors (Lipinski definition) is 1. The Morgan fingerprint density at radius 1 is 1.29 bits per heavy atom. The highest BCUT2D eigenvalue weighted by molar-refractivity contribution is 5.78. The lowest BCUT2D eigenvalue weighted by atomic mass is 10.0. The van der Waals surface area contributed by atoms with E-state index in [0.29, 0.717) is 17.7 Å². The molecule has 2 aromatic rings. The van der Waals surface area contributed by atoms with Gasteiger partial charge in [0.1, 0.15) is 17.7 Å². The summed E-state index contributed by atoms with van der Waals surface area (Å²) in [5, 5.41) is 25.4. The van der Waals surface area contributed by atoms with Crippen molar-refractivity contribution in [2.45, 2.75) is 25.3 Å². The predicted octanol–water partition coefficient (Wildman–Crippen LogP) is 1.69. The molecule has 0 spiro atoms. The maximum absolute atomic E-state index is 12.3. The van der Waals surface area contributed by atoms with Crippen LogP contribution in [0.5, 0.6) is 0 Å². The number of allylic oxidation sites excluding steroid dienone is 3. The summed E-state index contributed by atoms with van der Waals surface area (Å²) in [6.07, 6.45) is 7.52. The molecule has 34 heavy (non-hydrogen) atoms. The number of imidazole rings is 1. The molecule has 1 aliphatic carbocycles. The van der Waals surface area contributed by atoms with E-state index in [0.717, 1.165) is 17.7 Å². The fourth-order valence-corrected chi connectivity index (χ4v) is 3.55. The molecule has 1 unspecified atom stereocenters. The van der Waals surface area contributed by atoms with Crippen LogP contribution in [-0.2, 0) is 25.5 Å². The Hall–Kier alpha value is -4.45. The number of cyclic esters (lactones) is 1. The summed E-state index contributed by atoms with van der Waals surface area (Å²) >= 11 is 0. The van der Waals surface area contributed by atoms with E-state index >= 15 is 0 Å². The fourth-order valence-electron chi connectivity index (χ4n) is 3.55. The molecule has 0 radical (unpaired) electrons. The maximum Gasteiger partial charge on any atom is 0.327 e.